The number of nitrogens with two attached hydrogens (primary N) is 1. The number of fused-ring (bicyclic) bond motifs is 2. The first-order chi connectivity index (χ1) is 17.5. The van der Waals surface area contributed by atoms with Gasteiger partial charge < -0.3 is 25.4 Å². The summed E-state index contributed by atoms with van der Waals surface area (Å²) in [5.41, 5.74) is 13.3. The summed E-state index contributed by atoms with van der Waals surface area (Å²) < 4.78 is 2.36. The molecule has 1 amide bonds. The van der Waals surface area contributed by atoms with Crippen molar-refractivity contribution in [3.05, 3.63) is 78.2 Å². The van der Waals surface area contributed by atoms with E-state index in [9.17, 15) is 4.79 Å². The molecule has 6 rings (SSSR count). The highest BCUT2D eigenvalue weighted by Crippen LogP contribution is 2.47. The maximum Gasteiger partial charge on any atom is 0.254 e. The number of nitrogens with one attached hydrogen (secondary N) is 1. The van der Waals surface area contributed by atoms with Gasteiger partial charge >= 0.3 is 0 Å². The van der Waals surface area contributed by atoms with Gasteiger partial charge in [0.25, 0.3) is 5.91 Å². The maximum atomic E-state index is 13.6. The molecule has 2 aromatic carbocycles. The molecule has 2 aliphatic rings. The van der Waals surface area contributed by atoms with Crippen molar-refractivity contribution in [1.82, 2.24) is 14.5 Å². The van der Waals surface area contributed by atoms with E-state index in [2.05, 4.69) is 70.1 Å². The van der Waals surface area contributed by atoms with Gasteiger partial charge in [0.1, 0.15) is 6.17 Å². The molecule has 2 aromatic heterocycles. The third kappa shape index (κ3) is 3.71. The Morgan fingerprint density at radius 2 is 2.03 bits per heavy atom. The maximum absolute atomic E-state index is 13.6. The van der Waals surface area contributed by atoms with Crippen LogP contribution < -0.4 is 16.0 Å². The Bertz CT molecular complexity index is 1430. The highest BCUT2D eigenvalue weighted by molar-refractivity contribution is 6.02. The van der Waals surface area contributed by atoms with Crippen LogP contribution in [-0.4, -0.2) is 46.5 Å². The standard InChI is InChI=1S/C29H32N6O/c1-3-35-25-11-5-4-8-19(25)16-26(35)28-32-24-15-21(29(36)34-13-7-10-22(30)18-34)14-23(27(24)33(28)2)20-9-6-12-31-17-20/h4-6,8-9,11-12,14-17,22,28,32H,3,7,10,13,18,30H2,1-2H3. The fourth-order valence-corrected chi connectivity index (χ4v) is 5.82. The van der Waals surface area contributed by atoms with E-state index in [1.807, 2.05) is 29.3 Å². The molecular formula is C29H32N6O. The molecule has 0 aliphatic carbocycles. The number of carbonyl (C=O) groups is 1. The predicted octanol–water partition coefficient (Wildman–Crippen LogP) is 4.85. The van der Waals surface area contributed by atoms with Crippen LogP contribution in [0.25, 0.3) is 22.0 Å². The van der Waals surface area contributed by atoms with Gasteiger partial charge in [-0.2, -0.15) is 0 Å². The van der Waals surface area contributed by atoms with Crippen molar-refractivity contribution in [3.63, 3.8) is 0 Å². The first-order valence-electron chi connectivity index (χ1n) is 12.8. The number of aromatic nitrogens is 2. The summed E-state index contributed by atoms with van der Waals surface area (Å²) in [4.78, 5) is 22.1. The van der Waals surface area contributed by atoms with Crippen molar-refractivity contribution in [3.8, 4) is 11.1 Å². The number of amides is 1. The zero-order chi connectivity index (χ0) is 24.8. The molecule has 1 fully saturated rings. The summed E-state index contributed by atoms with van der Waals surface area (Å²) in [6, 6.07) is 18.8. The predicted molar refractivity (Wildman–Crippen MR) is 145 cm³/mol. The van der Waals surface area contributed by atoms with Crippen LogP contribution >= 0.6 is 0 Å². The lowest BCUT2D eigenvalue weighted by Gasteiger charge is -2.31. The van der Waals surface area contributed by atoms with Gasteiger partial charge in [-0.1, -0.05) is 24.3 Å². The minimum absolute atomic E-state index is 0.0358. The lowest BCUT2D eigenvalue weighted by atomic mass is 9.99. The van der Waals surface area contributed by atoms with Crippen LogP contribution in [0.2, 0.25) is 0 Å². The molecule has 184 valence electrons. The largest absolute Gasteiger partial charge is 0.359 e. The van der Waals surface area contributed by atoms with Gasteiger partial charge in [0.2, 0.25) is 0 Å². The van der Waals surface area contributed by atoms with Gasteiger partial charge in [-0.05, 0) is 50.1 Å². The van der Waals surface area contributed by atoms with E-state index < -0.39 is 0 Å². The molecule has 2 aliphatic heterocycles. The summed E-state index contributed by atoms with van der Waals surface area (Å²) in [5, 5.41) is 4.97. The Kier molecular flexibility index (Phi) is 5.64. The second-order valence-electron chi connectivity index (χ2n) is 9.85. The van der Waals surface area contributed by atoms with E-state index >= 15 is 0 Å². The van der Waals surface area contributed by atoms with Gasteiger partial charge in [-0.25, -0.2) is 0 Å². The number of anilines is 2. The minimum atomic E-state index is -0.0588. The second-order valence-corrected chi connectivity index (χ2v) is 9.85. The van der Waals surface area contributed by atoms with Crippen molar-refractivity contribution in [2.45, 2.75) is 38.5 Å². The average Bonchev–Trinajstić information content (AvgIpc) is 3.45. The Morgan fingerprint density at radius 1 is 1.17 bits per heavy atom. The lowest BCUT2D eigenvalue weighted by Crippen LogP contribution is -2.45. The molecule has 2 unspecified atom stereocenters. The molecule has 7 heteroatoms. The number of para-hydroxylation sites is 1. The van der Waals surface area contributed by atoms with E-state index in [-0.39, 0.29) is 18.1 Å². The number of benzene rings is 2. The van der Waals surface area contributed by atoms with Gasteiger partial charge in [-0.3, -0.25) is 9.78 Å². The van der Waals surface area contributed by atoms with Gasteiger partial charge in [0, 0.05) is 72.7 Å². The molecule has 0 spiro atoms. The average molecular weight is 481 g/mol. The third-order valence-corrected chi connectivity index (χ3v) is 7.55. The summed E-state index contributed by atoms with van der Waals surface area (Å²) in [7, 11) is 2.12. The number of nitrogens with zero attached hydrogens (tertiary/aromatic N) is 4. The number of aryl methyl sites for hydroxylation is 1. The van der Waals surface area contributed by atoms with E-state index in [0.29, 0.717) is 12.1 Å². The molecule has 0 radical (unpaired) electrons. The topological polar surface area (TPSA) is 79.4 Å². The van der Waals surface area contributed by atoms with Gasteiger partial charge in [0.05, 0.1) is 17.1 Å². The monoisotopic (exact) mass is 480 g/mol. The highest BCUT2D eigenvalue weighted by atomic mass is 16.2. The van der Waals surface area contributed by atoms with Gasteiger partial charge in [0.15, 0.2) is 0 Å². The number of rotatable bonds is 4. The second kappa shape index (κ2) is 8.99. The van der Waals surface area contributed by atoms with Crippen molar-refractivity contribution in [2.75, 3.05) is 30.4 Å². The Balaban J connectivity index is 1.46. The zero-order valence-corrected chi connectivity index (χ0v) is 20.8. The van der Waals surface area contributed by atoms with E-state index in [4.69, 9.17) is 5.73 Å². The number of pyridine rings is 1. The van der Waals surface area contributed by atoms with Crippen molar-refractivity contribution in [1.29, 1.82) is 0 Å². The number of carbonyl (C=O) groups excluding carboxylic acids is 1. The number of hydrogen-bond acceptors (Lipinski definition) is 5. The number of piperidine rings is 1. The van der Waals surface area contributed by atoms with E-state index in [1.54, 1.807) is 6.20 Å². The van der Waals surface area contributed by atoms with Crippen molar-refractivity contribution in [2.24, 2.45) is 5.73 Å². The molecule has 0 saturated carbocycles. The minimum Gasteiger partial charge on any atom is -0.359 e. The van der Waals surface area contributed by atoms with Crippen LogP contribution in [0.3, 0.4) is 0 Å². The molecule has 7 nitrogen and oxygen atoms in total. The van der Waals surface area contributed by atoms with Crippen LogP contribution in [0.5, 0.6) is 0 Å². The molecule has 36 heavy (non-hydrogen) atoms. The van der Waals surface area contributed by atoms with Crippen molar-refractivity contribution >= 4 is 28.2 Å². The first-order valence-corrected chi connectivity index (χ1v) is 12.8. The van der Waals surface area contributed by atoms with Crippen LogP contribution in [0, 0.1) is 0 Å². The normalized spacial score (nSPS) is 19.4. The summed E-state index contributed by atoms with van der Waals surface area (Å²) in [6.07, 6.45) is 5.49. The molecule has 4 heterocycles. The Labute approximate surface area is 211 Å². The van der Waals surface area contributed by atoms with Crippen LogP contribution in [0.4, 0.5) is 11.4 Å². The smallest absolute Gasteiger partial charge is 0.254 e. The van der Waals surface area contributed by atoms with Gasteiger partial charge in [-0.15, -0.1) is 0 Å². The van der Waals surface area contributed by atoms with E-state index in [1.165, 1.54) is 16.6 Å². The molecule has 1 saturated heterocycles. The van der Waals surface area contributed by atoms with Crippen LogP contribution in [0.1, 0.15) is 42.0 Å². The number of likely N-dealkylation sites (tertiary alicyclic amines) is 1. The summed E-state index contributed by atoms with van der Waals surface area (Å²) in [5.74, 6) is 0.0358. The Morgan fingerprint density at radius 3 is 2.81 bits per heavy atom. The lowest BCUT2D eigenvalue weighted by molar-refractivity contribution is 0.0709. The quantitative estimate of drug-likeness (QED) is 0.437. The van der Waals surface area contributed by atoms with Crippen LogP contribution in [0.15, 0.2) is 67.0 Å². The number of hydrogen-bond donors (Lipinski definition) is 2. The summed E-state index contributed by atoms with van der Waals surface area (Å²) >= 11 is 0. The van der Waals surface area contributed by atoms with Crippen molar-refractivity contribution < 1.29 is 4.79 Å². The molecule has 2 atom stereocenters. The fourth-order valence-electron chi connectivity index (χ4n) is 5.82. The molecular weight excluding hydrogens is 448 g/mol. The summed E-state index contributed by atoms with van der Waals surface area (Å²) in [6.45, 7) is 4.40. The Hall–Kier alpha value is -3.84. The van der Waals surface area contributed by atoms with E-state index in [0.717, 1.165) is 48.4 Å². The third-order valence-electron chi connectivity index (χ3n) is 7.55. The zero-order valence-electron chi connectivity index (χ0n) is 20.8. The van der Waals surface area contributed by atoms with Crippen LogP contribution in [-0.2, 0) is 6.54 Å². The molecule has 3 N–H and O–H groups in total. The molecule has 0 bridgehead atoms. The highest BCUT2D eigenvalue weighted by Gasteiger charge is 2.34. The first kappa shape index (κ1) is 22.6. The fraction of sp³-hybridized carbons (Fsp3) is 0.310. The molecule has 4 aromatic rings. The SMILES string of the molecule is CCn1c(C2Nc3cc(C(=O)N4CCCC(N)C4)cc(-c4cccnc4)c3N2C)cc2ccccc21.